The summed E-state index contributed by atoms with van der Waals surface area (Å²) in [5.41, 5.74) is -0.270. The molecule has 0 amide bonds. The van der Waals surface area contributed by atoms with Gasteiger partial charge in [0, 0.05) is 12.1 Å². The lowest BCUT2D eigenvalue weighted by molar-refractivity contribution is -0.384. The number of rotatable bonds is 3. The molecule has 0 bridgehead atoms. The van der Waals surface area contributed by atoms with Gasteiger partial charge in [-0.25, -0.2) is 0 Å². The van der Waals surface area contributed by atoms with E-state index in [1.807, 2.05) is 6.92 Å². The van der Waals surface area contributed by atoms with Gasteiger partial charge in [-0.15, -0.1) is 0 Å². The summed E-state index contributed by atoms with van der Waals surface area (Å²) in [5.74, 6) is 0. The Morgan fingerprint density at radius 2 is 1.67 bits per heavy atom. The first-order valence-corrected chi connectivity index (χ1v) is 6.30. The zero-order valence-electron chi connectivity index (χ0n) is 11.3. The van der Waals surface area contributed by atoms with Crippen LogP contribution in [0.3, 0.4) is 0 Å². The van der Waals surface area contributed by atoms with Crippen molar-refractivity contribution in [1.82, 2.24) is 9.97 Å². The van der Waals surface area contributed by atoms with Gasteiger partial charge in [-0.2, -0.15) is 0 Å². The van der Waals surface area contributed by atoms with Crippen LogP contribution in [0, 0.1) is 10.1 Å². The van der Waals surface area contributed by atoms with Crippen LogP contribution in [-0.2, 0) is 0 Å². The lowest BCUT2D eigenvalue weighted by Crippen LogP contribution is -2.46. The van der Waals surface area contributed by atoms with Gasteiger partial charge in [0.25, 0.3) is 16.8 Å². The second-order valence-electron chi connectivity index (χ2n) is 4.34. The van der Waals surface area contributed by atoms with Crippen molar-refractivity contribution in [3.63, 3.8) is 0 Å². The van der Waals surface area contributed by atoms with E-state index < -0.39 is 10.5 Å². The highest BCUT2D eigenvalue weighted by Gasteiger charge is 2.03. The lowest BCUT2D eigenvalue weighted by atomic mass is 10.2. The van der Waals surface area contributed by atoms with Crippen molar-refractivity contribution in [1.29, 1.82) is 0 Å². The highest BCUT2D eigenvalue weighted by Crippen LogP contribution is 2.11. The van der Waals surface area contributed by atoms with Crippen molar-refractivity contribution in [2.45, 2.75) is 13.3 Å². The number of benzene rings is 1. The Morgan fingerprint density at radius 1 is 1.10 bits per heavy atom. The number of aromatic amines is 2. The maximum absolute atomic E-state index is 11.9. The van der Waals surface area contributed by atoms with Gasteiger partial charge in [-0.05, 0) is 30.2 Å². The molecule has 0 aliphatic rings. The van der Waals surface area contributed by atoms with Crippen LogP contribution >= 0.6 is 0 Å². The smallest absolute Gasteiger partial charge is 0.272 e. The maximum Gasteiger partial charge on any atom is 0.272 e. The molecule has 2 N–H and O–H groups in total. The minimum atomic E-state index is -0.506. The molecule has 0 fully saturated rings. The van der Waals surface area contributed by atoms with E-state index in [1.165, 1.54) is 30.3 Å². The van der Waals surface area contributed by atoms with Crippen molar-refractivity contribution in [2.24, 2.45) is 0 Å². The number of nitrogens with one attached hydrogen (secondary N) is 2. The Balaban J connectivity index is 2.54. The lowest BCUT2D eigenvalue weighted by Gasteiger charge is -1.94. The monoisotopic (exact) mass is 287 g/mol. The highest BCUT2D eigenvalue weighted by molar-refractivity contribution is 5.50. The van der Waals surface area contributed by atoms with Gasteiger partial charge >= 0.3 is 0 Å². The van der Waals surface area contributed by atoms with E-state index >= 15 is 0 Å². The average molecular weight is 287 g/mol. The number of non-ortho nitro benzene ring substituents is 1. The van der Waals surface area contributed by atoms with Crippen LogP contribution in [0.4, 0.5) is 5.69 Å². The second kappa shape index (κ2) is 6.00. The summed E-state index contributed by atoms with van der Waals surface area (Å²) < 4.78 is 0. The molecule has 0 radical (unpaired) electrons. The van der Waals surface area contributed by atoms with Crippen molar-refractivity contribution >= 4 is 17.8 Å². The van der Waals surface area contributed by atoms with Crippen LogP contribution in [0.1, 0.15) is 18.9 Å². The van der Waals surface area contributed by atoms with Gasteiger partial charge in [0.2, 0.25) is 0 Å². The third-order valence-electron chi connectivity index (χ3n) is 2.81. The van der Waals surface area contributed by atoms with Crippen molar-refractivity contribution in [3.05, 3.63) is 71.3 Å². The fourth-order valence-corrected chi connectivity index (χ4v) is 1.80. The van der Waals surface area contributed by atoms with E-state index in [2.05, 4.69) is 9.97 Å². The number of aromatic nitrogens is 2. The summed E-state index contributed by atoms with van der Waals surface area (Å²) >= 11 is 0. The Kier molecular flexibility index (Phi) is 4.13. The molecule has 1 aromatic heterocycles. The summed E-state index contributed by atoms with van der Waals surface area (Å²) in [6.07, 6.45) is 3.71. The molecule has 0 atom stereocenters. The summed E-state index contributed by atoms with van der Waals surface area (Å²) in [6, 6.07) is 5.67. The molecule has 0 spiro atoms. The highest BCUT2D eigenvalue weighted by atomic mass is 16.6. The van der Waals surface area contributed by atoms with Gasteiger partial charge < -0.3 is 9.97 Å². The summed E-state index contributed by atoms with van der Waals surface area (Å²) in [5, 5.41) is 10.9. The topological polar surface area (TPSA) is 109 Å². The van der Waals surface area contributed by atoms with Crippen molar-refractivity contribution in [2.75, 3.05) is 0 Å². The number of nitrogens with zero attached hydrogens (tertiary/aromatic N) is 1. The fourth-order valence-electron chi connectivity index (χ4n) is 1.80. The van der Waals surface area contributed by atoms with E-state index in [-0.39, 0.29) is 21.9 Å². The quantitative estimate of drug-likeness (QED) is 0.611. The SMILES string of the molecule is CC/C=c1\[nH]c(=O)/c(=C\c2ccc([N+](=O)[O-])cc2)[nH]c1=O. The summed E-state index contributed by atoms with van der Waals surface area (Å²) in [7, 11) is 0. The fraction of sp³-hybridized carbons (Fsp3) is 0.143. The third kappa shape index (κ3) is 3.33. The van der Waals surface area contributed by atoms with Crippen LogP contribution in [0.15, 0.2) is 33.9 Å². The predicted molar refractivity (Wildman–Crippen MR) is 78.4 cm³/mol. The molecular weight excluding hydrogens is 274 g/mol. The molecule has 21 heavy (non-hydrogen) atoms. The molecule has 0 saturated heterocycles. The Morgan fingerprint density at radius 3 is 2.24 bits per heavy atom. The normalized spacial score (nSPS) is 12.6. The molecule has 0 aliphatic heterocycles. The first-order chi connectivity index (χ1) is 10.0. The Labute approximate surface area is 118 Å². The van der Waals surface area contributed by atoms with Crippen molar-refractivity contribution < 1.29 is 4.92 Å². The number of nitro groups is 1. The zero-order valence-corrected chi connectivity index (χ0v) is 11.3. The number of hydrogen-bond acceptors (Lipinski definition) is 4. The first-order valence-electron chi connectivity index (χ1n) is 6.30. The van der Waals surface area contributed by atoms with E-state index in [9.17, 15) is 19.7 Å². The van der Waals surface area contributed by atoms with Crippen LogP contribution in [-0.4, -0.2) is 14.9 Å². The van der Waals surface area contributed by atoms with Crippen LogP contribution < -0.4 is 21.8 Å². The van der Waals surface area contributed by atoms with Crippen molar-refractivity contribution in [3.8, 4) is 0 Å². The van der Waals surface area contributed by atoms with E-state index in [4.69, 9.17) is 0 Å². The largest absolute Gasteiger partial charge is 0.316 e. The molecule has 0 unspecified atom stereocenters. The molecule has 7 nitrogen and oxygen atoms in total. The number of nitro benzene ring substituents is 1. The average Bonchev–Trinajstić information content (AvgIpc) is 2.45. The van der Waals surface area contributed by atoms with E-state index in [0.717, 1.165) is 0 Å². The van der Waals surface area contributed by atoms with Gasteiger partial charge in [-0.3, -0.25) is 19.7 Å². The maximum atomic E-state index is 11.9. The van der Waals surface area contributed by atoms with E-state index in [0.29, 0.717) is 12.0 Å². The molecule has 7 heteroatoms. The zero-order chi connectivity index (χ0) is 15.4. The second-order valence-corrected chi connectivity index (χ2v) is 4.34. The molecule has 1 heterocycles. The molecule has 1 aromatic carbocycles. The Hall–Kier alpha value is -2.96. The molecule has 0 saturated carbocycles. The van der Waals surface area contributed by atoms with Crippen LogP contribution in [0.25, 0.3) is 12.2 Å². The Bertz CT molecular complexity index is 892. The molecule has 2 aromatic rings. The van der Waals surface area contributed by atoms with Gasteiger partial charge in [-0.1, -0.05) is 13.0 Å². The van der Waals surface area contributed by atoms with Gasteiger partial charge in [0.15, 0.2) is 0 Å². The third-order valence-corrected chi connectivity index (χ3v) is 2.81. The summed E-state index contributed by atoms with van der Waals surface area (Å²) in [6.45, 7) is 1.86. The molecular formula is C14H13N3O4. The van der Waals surface area contributed by atoms with Gasteiger partial charge in [0.05, 0.1) is 4.92 Å². The van der Waals surface area contributed by atoms with Gasteiger partial charge in [0.1, 0.15) is 10.7 Å². The minimum absolute atomic E-state index is 0.0394. The minimum Gasteiger partial charge on any atom is -0.316 e. The van der Waals surface area contributed by atoms with Crippen LogP contribution in [0.2, 0.25) is 0 Å². The number of H-pyrrole nitrogens is 2. The summed E-state index contributed by atoms with van der Waals surface area (Å²) in [4.78, 5) is 38.7. The first kappa shape index (κ1) is 14.4. The molecule has 0 aliphatic carbocycles. The van der Waals surface area contributed by atoms with Crippen LogP contribution in [0.5, 0.6) is 0 Å². The number of hydrogen-bond donors (Lipinski definition) is 2. The molecule has 2 rings (SSSR count). The standard InChI is InChI=1S/C14H13N3O4/c1-2-3-11-13(18)16-12(14(19)15-11)8-9-4-6-10(7-5-9)17(20)21/h3-8H,2H2,1H3,(H,15,19)(H,16,18)/b11-3-,12-8+. The van der Waals surface area contributed by atoms with E-state index in [1.54, 1.807) is 6.08 Å². The molecule has 108 valence electrons. The predicted octanol–water partition coefficient (Wildman–Crippen LogP) is -0.00930.